The van der Waals surface area contributed by atoms with Crippen molar-refractivity contribution in [3.05, 3.63) is 102 Å². The first-order chi connectivity index (χ1) is 13.7. The molecule has 3 N–H and O–H groups in total. The zero-order valence-corrected chi connectivity index (χ0v) is 16.4. The van der Waals surface area contributed by atoms with Gasteiger partial charge in [0.1, 0.15) is 17.2 Å². The Labute approximate surface area is 170 Å². The van der Waals surface area contributed by atoms with Crippen molar-refractivity contribution in [2.75, 3.05) is 0 Å². The fraction of sp³-hybridized carbons (Fsp3) is 0.125. The van der Waals surface area contributed by atoms with Gasteiger partial charge in [0.05, 0.1) is 0 Å². The molecule has 150 valence electrons. The minimum absolute atomic E-state index is 0.151. The van der Waals surface area contributed by atoms with Crippen LogP contribution in [0.2, 0.25) is 0 Å². The van der Waals surface area contributed by atoms with E-state index in [2.05, 4.69) is 20.4 Å². The molecular formula is C24H24O5. The van der Waals surface area contributed by atoms with Crippen LogP contribution in [0.4, 0.5) is 0 Å². The Kier molecular flexibility index (Phi) is 7.04. The number of para-hydroxylation sites is 1. The molecule has 29 heavy (non-hydrogen) atoms. The first-order valence-corrected chi connectivity index (χ1v) is 8.94. The van der Waals surface area contributed by atoms with Gasteiger partial charge in [0, 0.05) is 5.41 Å². The fourth-order valence-corrected chi connectivity index (χ4v) is 2.60. The van der Waals surface area contributed by atoms with Gasteiger partial charge in [-0.2, -0.15) is 0 Å². The summed E-state index contributed by atoms with van der Waals surface area (Å²) in [4.78, 5) is 10.3. The van der Waals surface area contributed by atoms with Gasteiger partial charge in [-0.05, 0) is 54.1 Å². The molecule has 3 aromatic carbocycles. The summed E-state index contributed by atoms with van der Waals surface area (Å²) in [6.07, 6.45) is 0. The lowest BCUT2D eigenvalue weighted by molar-refractivity contribution is -0.135. The highest BCUT2D eigenvalue weighted by Gasteiger charge is 2.22. The van der Waals surface area contributed by atoms with E-state index in [1.165, 1.54) is 0 Å². The van der Waals surface area contributed by atoms with Crippen molar-refractivity contribution in [3.63, 3.8) is 0 Å². The van der Waals surface area contributed by atoms with Crippen molar-refractivity contribution in [2.24, 2.45) is 0 Å². The van der Waals surface area contributed by atoms with E-state index < -0.39 is 5.97 Å². The molecule has 0 aliphatic heterocycles. The van der Waals surface area contributed by atoms with Gasteiger partial charge in [-0.1, -0.05) is 56.3 Å². The molecule has 0 saturated heterocycles. The molecule has 0 radical (unpaired) electrons. The van der Waals surface area contributed by atoms with E-state index in [1.54, 1.807) is 48.5 Å². The number of carboxylic acid groups (broad SMARTS) is 1. The van der Waals surface area contributed by atoms with Crippen LogP contribution in [-0.4, -0.2) is 21.3 Å². The first kappa shape index (κ1) is 21.6. The van der Waals surface area contributed by atoms with Gasteiger partial charge in [-0.15, -0.1) is 0 Å². The lowest BCUT2D eigenvalue weighted by Crippen LogP contribution is -2.18. The van der Waals surface area contributed by atoms with Crippen LogP contribution in [0, 0.1) is 0 Å². The number of carbonyl (C=O) groups is 1. The Morgan fingerprint density at radius 1 is 0.793 bits per heavy atom. The van der Waals surface area contributed by atoms with Crippen LogP contribution in [0.5, 0.6) is 17.2 Å². The number of hydrogen-bond donors (Lipinski definition) is 3. The van der Waals surface area contributed by atoms with E-state index in [0.717, 1.165) is 11.1 Å². The topological polar surface area (TPSA) is 87.0 Å². The minimum Gasteiger partial charge on any atom is -0.508 e. The van der Waals surface area contributed by atoms with Gasteiger partial charge in [0.15, 0.2) is 0 Å². The van der Waals surface area contributed by atoms with Crippen molar-refractivity contribution < 1.29 is 24.9 Å². The second-order valence-corrected chi connectivity index (χ2v) is 6.86. The van der Waals surface area contributed by atoms with Gasteiger partial charge in [-0.3, -0.25) is 0 Å². The second-order valence-electron chi connectivity index (χ2n) is 6.86. The molecule has 0 heterocycles. The van der Waals surface area contributed by atoms with E-state index in [9.17, 15) is 15.0 Å². The lowest BCUT2D eigenvalue weighted by atomic mass is 9.78. The average molecular weight is 392 g/mol. The highest BCUT2D eigenvalue weighted by atomic mass is 16.5. The molecule has 0 aliphatic carbocycles. The van der Waals surface area contributed by atoms with Crippen molar-refractivity contribution in [1.82, 2.24) is 0 Å². The Bertz CT molecular complexity index is 895. The Morgan fingerprint density at radius 2 is 1.21 bits per heavy atom. The molecule has 5 nitrogen and oxygen atoms in total. The predicted molar refractivity (Wildman–Crippen MR) is 112 cm³/mol. The highest BCUT2D eigenvalue weighted by molar-refractivity contribution is 5.83. The maximum Gasteiger partial charge on any atom is 0.371 e. The number of aromatic hydroxyl groups is 2. The molecule has 5 heteroatoms. The zero-order chi connectivity index (χ0) is 21.4. The number of benzene rings is 3. The normalized spacial score (nSPS) is 10.4. The van der Waals surface area contributed by atoms with Crippen LogP contribution in [0.3, 0.4) is 0 Å². The third kappa shape index (κ3) is 6.14. The quantitative estimate of drug-likeness (QED) is 0.416. The number of carboxylic acids is 1. The maximum atomic E-state index is 10.3. The third-order valence-electron chi connectivity index (χ3n) is 4.40. The molecule has 0 spiro atoms. The van der Waals surface area contributed by atoms with Crippen molar-refractivity contribution in [2.45, 2.75) is 19.3 Å². The van der Waals surface area contributed by atoms with Crippen LogP contribution in [-0.2, 0) is 10.2 Å². The summed E-state index contributed by atoms with van der Waals surface area (Å²) in [6.45, 7) is 7.46. The van der Waals surface area contributed by atoms with Crippen molar-refractivity contribution >= 4 is 5.97 Å². The summed E-state index contributed by atoms with van der Waals surface area (Å²) in [5, 5.41) is 27.0. The van der Waals surface area contributed by atoms with Crippen LogP contribution in [0.1, 0.15) is 25.0 Å². The lowest BCUT2D eigenvalue weighted by Gasteiger charge is -2.26. The van der Waals surface area contributed by atoms with Gasteiger partial charge in [-0.25, -0.2) is 4.79 Å². The highest BCUT2D eigenvalue weighted by Crippen LogP contribution is 2.32. The average Bonchev–Trinajstić information content (AvgIpc) is 2.70. The van der Waals surface area contributed by atoms with Crippen molar-refractivity contribution in [3.8, 4) is 17.2 Å². The zero-order valence-electron chi connectivity index (χ0n) is 16.4. The molecular weight excluding hydrogens is 368 g/mol. The van der Waals surface area contributed by atoms with Gasteiger partial charge < -0.3 is 20.1 Å². The number of aliphatic carboxylic acids is 1. The summed E-state index contributed by atoms with van der Waals surface area (Å²) in [5.41, 5.74) is 2.10. The van der Waals surface area contributed by atoms with Crippen molar-refractivity contribution in [1.29, 1.82) is 0 Å². The molecule has 0 fully saturated rings. The van der Waals surface area contributed by atoms with E-state index in [0.29, 0.717) is 5.75 Å². The maximum absolute atomic E-state index is 10.3. The van der Waals surface area contributed by atoms with Crippen LogP contribution >= 0.6 is 0 Å². The molecule has 0 unspecified atom stereocenters. The molecule has 0 aromatic heterocycles. The van der Waals surface area contributed by atoms with E-state index in [4.69, 9.17) is 9.84 Å². The second kappa shape index (κ2) is 9.46. The number of phenolic OH excluding ortho intramolecular Hbond substituents is 2. The Hall–Kier alpha value is -3.73. The Balaban J connectivity index is 0.000000221. The number of rotatable bonds is 5. The van der Waals surface area contributed by atoms with Crippen LogP contribution in [0.15, 0.2) is 91.2 Å². The largest absolute Gasteiger partial charge is 0.508 e. The number of ether oxygens (including phenoxy) is 1. The molecule has 0 atom stereocenters. The smallest absolute Gasteiger partial charge is 0.371 e. The molecule has 0 aliphatic rings. The summed E-state index contributed by atoms with van der Waals surface area (Å²) in [5.74, 6) is -0.407. The van der Waals surface area contributed by atoms with Crippen LogP contribution in [0.25, 0.3) is 0 Å². The summed E-state index contributed by atoms with van der Waals surface area (Å²) < 4.78 is 4.88. The third-order valence-corrected chi connectivity index (χ3v) is 4.40. The van der Waals surface area contributed by atoms with E-state index in [1.807, 2.05) is 30.3 Å². The summed E-state index contributed by atoms with van der Waals surface area (Å²) in [7, 11) is 0. The molecule has 3 rings (SSSR count). The van der Waals surface area contributed by atoms with Gasteiger partial charge in [0.2, 0.25) is 5.76 Å². The van der Waals surface area contributed by atoms with Gasteiger partial charge >= 0.3 is 5.97 Å². The number of phenols is 2. The first-order valence-electron chi connectivity index (χ1n) is 8.94. The molecule has 0 saturated carbocycles. The summed E-state index contributed by atoms with van der Waals surface area (Å²) in [6, 6.07) is 23.1. The molecule has 0 bridgehead atoms. The predicted octanol–water partition coefficient (Wildman–Crippen LogP) is 5.09. The van der Waals surface area contributed by atoms with E-state index >= 15 is 0 Å². The summed E-state index contributed by atoms with van der Waals surface area (Å²) >= 11 is 0. The van der Waals surface area contributed by atoms with Gasteiger partial charge in [0.25, 0.3) is 0 Å². The van der Waals surface area contributed by atoms with E-state index in [-0.39, 0.29) is 22.7 Å². The minimum atomic E-state index is -1.15. The fourth-order valence-electron chi connectivity index (χ4n) is 2.60. The van der Waals surface area contributed by atoms with Crippen LogP contribution < -0.4 is 4.74 Å². The number of hydrogen-bond acceptors (Lipinski definition) is 4. The standard InChI is InChI=1S/C15H16O2.C9H8O3/c1-15(2,11-3-7-13(16)8-4-11)12-5-9-14(17)10-6-12;1-7(9(10)11)12-8-5-3-2-4-6-8/h3-10,16-17H,1-2H3;2-6H,1H2,(H,10,11). The molecule has 0 amide bonds. The Morgan fingerprint density at radius 3 is 1.59 bits per heavy atom. The molecule has 3 aromatic rings. The monoisotopic (exact) mass is 392 g/mol. The SMILES string of the molecule is C=C(Oc1ccccc1)C(=O)O.CC(C)(c1ccc(O)cc1)c1ccc(O)cc1.